The van der Waals surface area contributed by atoms with Crippen LogP contribution in [0.3, 0.4) is 0 Å². The van der Waals surface area contributed by atoms with Gasteiger partial charge in [0.2, 0.25) is 5.91 Å². The van der Waals surface area contributed by atoms with Crippen molar-refractivity contribution in [3.8, 4) is 0 Å². The summed E-state index contributed by atoms with van der Waals surface area (Å²) in [7, 11) is 0. The number of amides is 1. The van der Waals surface area contributed by atoms with Crippen molar-refractivity contribution in [2.75, 3.05) is 6.54 Å². The molecule has 0 radical (unpaired) electrons. The molecule has 1 aliphatic rings. The lowest BCUT2D eigenvalue weighted by molar-refractivity contribution is -0.149. The van der Waals surface area contributed by atoms with Gasteiger partial charge >= 0.3 is 5.97 Å². The van der Waals surface area contributed by atoms with Gasteiger partial charge in [0.15, 0.2) is 0 Å². The van der Waals surface area contributed by atoms with Gasteiger partial charge in [-0.05, 0) is 40.5 Å². The van der Waals surface area contributed by atoms with Crippen LogP contribution in [0.5, 0.6) is 0 Å². The van der Waals surface area contributed by atoms with Gasteiger partial charge in [-0.3, -0.25) is 9.59 Å². The second kappa shape index (κ2) is 5.12. The highest BCUT2D eigenvalue weighted by Gasteiger charge is 2.44. The van der Waals surface area contributed by atoms with Crippen LogP contribution in [-0.4, -0.2) is 29.1 Å². The van der Waals surface area contributed by atoms with Crippen molar-refractivity contribution >= 4 is 11.9 Å². The van der Waals surface area contributed by atoms with Crippen LogP contribution in [0.2, 0.25) is 0 Å². The molecule has 4 N–H and O–H groups in total. The Balaban J connectivity index is 2.71. The van der Waals surface area contributed by atoms with Crippen molar-refractivity contribution in [2.24, 2.45) is 16.6 Å². The molecule has 19 heavy (non-hydrogen) atoms. The zero-order valence-corrected chi connectivity index (χ0v) is 12.4. The maximum absolute atomic E-state index is 12.2. The highest BCUT2D eigenvalue weighted by atomic mass is 16.4. The van der Waals surface area contributed by atoms with E-state index in [2.05, 4.69) is 5.32 Å². The van der Waals surface area contributed by atoms with Gasteiger partial charge in [0.1, 0.15) is 0 Å². The Labute approximate surface area is 114 Å². The highest BCUT2D eigenvalue weighted by molar-refractivity contribution is 5.84. The van der Waals surface area contributed by atoms with Crippen LogP contribution in [0.1, 0.15) is 53.4 Å². The number of nitrogens with two attached hydrogens (primary N) is 1. The first-order valence-corrected chi connectivity index (χ1v) is 6.83. The van der Waals surface area contributed by atoms with Crippen molar-refractivity contribution < 1.29 is 14.7 Å². The normalized spacial score (nSPS) is 19.2. The number of carbonyl (C=O) groups excluding carboxylic acids is 1. The molecule has 1 aliphatic carbocycles. The van der Waals surface area contributed by atoms with Gasteiger partial charge in [-0.1, -0.05) is 12.8 Å². The molecule has 1 amide bonds. The van der Waals surface area contributed by atoms with Gasteiger partial charge in [-0.2, -0.15) is 0 Å². The lowest BCUT2D eigenvalue weighted by Gasteiger charge is -2.37. The lowest BCUT2D eigenvalue weighted by atomic mass is 9.74. The standard InChI is InChI=1S/C14H26N2O3/c1-12(2,13(3,4)15)10(17)16-9-14(11(18)19)7-5-6-8-14/h5-9,15H2,1-4H3,(H,16,17)(H,18,19). The van der Waals surface area contributed by atoms with E-state index >= 15 is 0 Å². The average Bonchev–Trinajstić information content (AvgIpc) is 2.74. The number of carbonyl (C=O) groups is 2. The van der Waals surface area contributed by atoms with E-state index in [4.69, 9.17) is 5.73 Å². The fourth-order valence-corrected chi connectivity index (χ4v) is 2.28. The topological polar surface area (TPSA) is 92.4 Å². The smallest absolute Gasteiger partial charge is 0.311 e. The van der Waals surface area contributed by atoms with Crippen molar-refractivity contribution in [3.05, 3.63) is 0 Å². The number of carboxylic acids is 1. The summed E-state index contributed by atoms with van der Waals surface area (Å²) in [4.78, 5) is 23.7. The zero-order chi connectivity index (χ0) is 14.9. The van der Waals surface area contributed by atoms with E-state index in [1.807, 2.05) is 0 Å². The zero-order valence-electron chi connectivity index (χ0n) is 12.4. The van der Waals surface area contributed by atoms with Crippen LogP contribution in [-0.2, 0) is 9.59 Å². The van der Waals surface area contributed by atoms with Gasteiger partial charge < -0.3 is 16.2 Å². The maximum Gasteiger partial charge on any atom is 0.311 e. The first-order chi connectivity index (χ1) is 8.53. The van der Waals surface area contributed by atoms with E-state index in [1.54, 1.807) is 27.7 Å². The largest absolute Gasteiger partial charge is 0.481 e. The van der Waals surface area contributed by atoms with Crippen molar-refractivity contribution in [3.63, 3.8) is 0 Å². The maximum atomic E-state index is 12.2. The molecule has 0 heterocycles. The van der Waals surface area contributed by atoms with Crippen molar-refractivity contribution in [1.29, 1.82) is 0 Å². The summed E-state index contributed by atoms with van der Waals surface area (Å²) in [5, 5.41) is 12.2. The van der Waals surface area contributed by atoms with E-state index in [-0.39, 0.29) is 12.5 Å². The quantitative estimate of drug-likeness (QED) is 0.706. The van der Waals surface area contributed by atoms with E-state index in [0.29, 0.717) is 12.8 Å². The monoisotopic (exact) mass is 270 g/mol. The number of aliphatic carboxylic acids is 1. The highest BCUT2D eigenvalue weighted by Crippen LogP contribution is 2.38. The van der Waals surface area contributed by atoms with E-state index in [1.165, 1.54) is 0 Å². The second-order valence-corrected chi connectivity index (χ2v) is 6.82. The van der Waals surface area contributed by atoms with Crippen LogP contribution in [0.25, 0.3) is 0 Å². The minimum absolute atomic E-state index is 0.187. The molecule has 1 saturated carbocycles. The molecular weight excluding hydrogens is 244 g/mol. The predicted molar refractivity (Wildman–Crippen MR) is 73.6 cm³/mol. The summed E-state index contributed by atoms with van der Waals surface area (Å²) < 4.78 is 0. The van der Waals surface area contributed by atoms with E-state index in [9.17, 15) is 14.7 Å². The Hall–Kier alpha value is -1.10. The van der Waals surface area contributed by atoms with Crippen LogP contribution in [0.15, 0.2) is 0 Å². The predicted octanol–water partition coefficient (Wildman–Crippen LogP) is 1.51. The lowest BCUT2D eigenvalue weighted by Crippen LogP contribution is -2.57. The summed E-state index contributed by atoms with van der Waals surface area (Å²) >= 11 is 0. The molecule has 0 unspecified atom stereocenters. The van der Waals surface area contributed by atoms with Gasteiger partial charge in [0.25, 0.3) is 0 Å². The molecule has 0 atom stereocenters. The van der Waals surface area contributed by atoms with E-state index < -0.39 is 22.3 Å². The molecule has 0 bridgehead atoms. The van der Waals surface area contributed by atoms with Crippen molar-refractivity contribution in [2.45, 2.75) is 58.9 Å². The first-order valence-electron chi connectivity index (χ1n) is 6.83. The Morgan fingerprint density at radius 1 is 1.21 bits per heavy atom. The Morgan fingerprint density at radius 3 is 2.05 bits per heavy atom. The molecule has 1 fully saturated rings. The van der Waals surface area contributed by atoms with Gasteiger partial charge in [-0.25, -0.2) is 0 Å². The van der Waals surface area contributed by atoms with Crippen LogP contribution in [0, 0.1) is 10.8 Å². The molecule has 1 rings (SSSR count). The minimum Gasteiger partial charge on any atom is -0.481 e. The summed E-state index contributed by atoms with van der Waals surface area (Å²) in [5.41, 5.74) is 3.82. The third-order valence-corrected chi connectivity index (χ3v) is 4.78. The SMILES string of the molecule is CC(C)(N)C(C)(C)C(=O)NCC1(C(=O)O)CCCC1. The molecule has 0 aromatic rings. The molecule has 0 aliphatic heterocycles. The Kier molecular flexibility index (Phi) is 4.30. The molecular formula is C14H26N2O3. The van der Waals surface area contributed by atoms with Crippen LogP contribution >= 0.6 is 0 Å². The number of nitrogens with one attached hydrogen (secondary N) is 1. The molecule has 5 heteroatoms. The van der Waals surface area contributed by atoms with Gasteiger partial charge in [0.05, 0.1) is 10.8 Å². The van der Waals surface area contributed by atoms with Gasteiger partial charge in [-0.15, -0.1) is 0 Å². The summed E-state index contributed by atoms with van der Waals surface area (Å²) in [6.07, 6.45) is 3.09. The molecule has 110 valence electrons. The Morgan fingerprint density at radius 2 is 1.68 bits per heavy atom. The number of carboxylic acid groups (broad SMARTS) is 1. The number of hydrogen-bond donors (Lipinski definition) is 3. The van der Waals surface area contributed by atoms with Crippen LogP contribution in [0.4, 0.5) is 0 Å². The molecule has 0 spiro atoms. The fourth-order valence-electron chi connectivity index (χ4n) is 2.28. The summed E-state index contributed by atoms with van der Waals surface area (Å²) in [6.45, 7) is 7.36. The molecule has 0 aromatic heterocycles. The summed E-state index contributed by atoms with van der Waals surface area (Å²) in [6, 6.07) is 0. The number of hydrogen-bond acceptors (Lipinski definition) is 3. The van der Waals surface area contributed by atoms with E-state index in [0.717, 1.165) is 12.8 Å². The molecule has 0 saturated heterocycles. The average molecular weight is 270 g/mol. The Bertz CT molecular complexity index is 363. The molecule has 5 nitrogen and oxygen atoms in total. The van der Waals surface area contributed by atoms with Crippen molar-refractivity contribution in [1.82, 2.24) is 5.32 Å². The van der Waals surface area contributed by atoms with Gasteiger partial charge in [0, 0.05) is 12.1 Å². The third kappa shape index (κ3) is 3.08. The van der Waals surface area contributed by atoms with Crippen LogP contribution < -0.4 is 11.1 Å². The summed E-state index contributed by atoms with van der Waals surface area (Å²) in [5.74, 6) is -0.998. The first kappa shape index (κ1) is 16.0. The minimum atomic E-state index is -0.810. The second-order valence-electron chi connectivity index (χ2n) is 6.82. The molecule has 0 aromatic carbocycles. The number of rotatable bonds is 5. The third-order valence-electron chi connectivity index (χ3n) is 4.78. The fraction of sp³-hybridized carbons (Fsp3) is 0.857.